The second-order valence-electron chi connectivity index (χ2n) is 7.41. The summed E-state index contributed by atoms with van der Waals surface area (Å²) in [5, 5.41) is 16.8. The molecule has 0 aliphatic heterocycles. The third-order valence-electron chi connectivity index (χ3n) is 5.41. The molecule has 134 valence electrons. The van der Waals surface area contributed by atoms with Crippen LogP contribution in [0.5, 0.6) is 0 Å². The van der Waals surface area contributed by atoms with Crippen LogP contribution in [0, 0.1) is 11.3 Å². The molecule has 0 spiro atoms. The Labute approximate surface area is 163 Å². The first-order chi connectivity index (χ1) is 13.7. The van der Waals surface area contributed by atoms with Crippen LogP contribution in [0.4, 0.5) is 0 Å². The molecule has 0 radical (unpaired) electrons. The van der Waals surface area contributed by atoms with E-state index in [1.165, 1.54) is 32.3 Å². The van der Waals surface area contributed by atoms with Crippen LogP contribution in [-0.4, -0.2) is 9.55 Å². The summed E-state index contributed by atoms with van der Waals surface area (Å²) in [5.74, 6) is 0.839. The minimum absolute atomic E-state index is 0.230. The van der Waals surface area contributed by atoms with Crippen molar-refractivity contribution in [2.24, 2.45) is 0 Å². The number of hydrogen-bond donors (Lipinski definition) is 0. The van der Waals surface area contributed by atoms with Gasteiger partial charge in [0.1, 0.15) is 11.9 Å². The molecule has 5 aromatic rings. The van der Waals surface area contributed by atoms with Gasteiger partial charge in [0.2, 0.25) is 0 Å². The summed E-state index contributed by atoms with van der Waals surface area (Å²) >= 11 is 0. The Kier molecular flexibility index (Phi) is 3.67. The Morgan fingerprint density at radius 1 is 0.786 bits per heavy atom. The van der Waals surface area contributed by atoms with Crippen LogP contribution < -0.4 is 0 Å². The van der Waals surface area contributed by atoms with Gasteiger partial charge in [-0.1, -0.05) is 60.7 Å². The molecular formula is C25H19N3. The minimum Gasteiger partial charge on any atom is -0.327 e. The van der Waals surface area contributed by atoms with Crippen LogP contribution in [0.25, 0.3) is 43.7 Å². The van der Waals surface area contributed by atoms with E-state index in [4.69, 9.17) is 0 Å². The summed E-state index contributed by atoms with van der Waals surface area (Å²) in [6.45, 7) is 4.21. The predicted molar refractivity (Wildman–Crippen MR) is 115 cm³/mol. The molecule has 0 unspecified atom stereocenters. The van der Waals surface area contributed by atoms with E-state index in [-0.39, 0.29) is 6.04 Å². The molecule has 0 aliphatic carbocycles. The Bertz CT molecular complexity index is 1370. The molecule has 28 heavy (non-hydrogen) atoms. The van der Waals surface area contributed by atoms with Crippen molar-refractivity contribution in [1.82, 2.24) is 9.55 Å². The van der Waals surface area contributed by atoms with Crippen LogP contribution >= 0.6 is 0 Å². The Morgan fingerprint density at radius 2 is 1.32 bits per heavy atom. The van der Waals surface area contributed by atoms with E-state index in [1.54, 1.807) is 0 Å². The average Bonchev–Trinajstić information content (AvgIpc) is 3.19. The molecule has 0 N–H and O–H groups in total. The fourth-order valence-corrected chi connectivity index (χ4v) is 4.10. The number of hydrogen-bond acceptors (Lipinski definition) is 2. The van der Waals surface area contributed by atoms with E-state index < -0.39 is 0 Å². The first-order valence-corrected chi connectivity index (χ1v) is 9.50. The maximum Gasteiger partial charge on any atom is 0.159 e. The highest BCUT2D eigenvalue weighted by molar-refractivity contribution is 6.25. The lowest BCUT2D eigenvalue weighted by Crippen LogP contribution is -2.01. The maximum absolute atomic E-state index is 9.31. The van der Waals surface area contributed by atoms with Crippen LogP contribution in [-0.2, 0) is 0 Å². The van der Waals surface area contributed by atoms with Crippen molar-refractivity contribution in [2.45, 2.75) is 19.9 Å². The highest BCUT2D eigenvalue weighted by Gasteiger charge is 2.15. The summed E-state index contributed by atoms with van der Waals surface area (Å²) in [6, 6.07) is 26.0. The Balaban J connectivity index is 1.89. The van der Waals surface area contributed by atoms with E-state index in [2.05, 4.69) is 96.2 Å². The monoisotopic (exact) mass is 361 g/mol. The van der Waals surface area contributed by atoms with Crippen molar-refractivity contribution in [1.29, 1.82) is 5.26 Å². The average molecular weight is 361 g/mol. The fraction of sp³-hybridized carbons (Fsp3) is 0.120. The number of aromatic nitrogens is 2. The molecule has 0 atom stereocenters. The zero-order valence-electron chi connectivity index (χ0n) is 15.8. The second-order valence-corrected chi connectivity index (χ2v) is 7.41. The zero-order chi connectivity index (χ0) is 19.3. The topological polar surface area (TPSA) is 41.6 Å². The summed E-state index contributed by atoms with van der Waals surface area (Å²) in [4.78, 5) is 4.57. The summed E-state index contributed by atoms with van der Waals surface area (Å²) in [6.07, 6.45) is 1.84. The largest absolute Gasteiger partial charge is 0.327 e. The third-order valence-corrected chi connectivity index (χ3v) is 5.41. The third kappa shape index (κ3) is 2.39. The molecule has 5 rings (SSSR count). The van der Waals surface area contributed by atoms with Gasteiger partial charge < -0.3 is 4.57 Å². The van der Waals surface area contributed by atoms with Gasteiger partial charge in [-0.05, 0) is 52.2 Å². The number of imidazole rings is 1. The predicted octanol–water partition coefficient (Wildman–Crippen LogP) is 6.46. The van der Waals surface area contributed by atoms with Gasteiger partial charge in [0.25, 0.3) is 0 Å². The minimum atomic E-state index is 0.230. The maximum atomic E-state index is 9.31. The van der Waals surface area contributed by atoms with Crippen LogP contribution in [0.2, 0.25) is 0 Å². The zero-order valence-corrected chi connectivity index (χ0v) is 15.8. The number of nitrogens with zero attached hydrogens (tertiary/aromatic N) is 3. The summed E-state index contributed by atoms with van der Waals surface area (Å²) < 4.78 is 2.07. The van der Waals surface area contributed by atoms with Gasteiger partial charge in [0.05, 0.1) is 0 Å². The van der Waals surface area contributed by atoms with E-state index in [9.17, 15) is 5.26 Å². The van der Waals surface area contributed by atoms with Crippen LogP contribution in [0.3, 0.4) is 0 Å². The van der Waals surface area contributed by atoms with Gasteiger partial charge in [-0.2, -0.15) is 5.26 Å². The fourth-order valence-electron chi connectivity index (χ4n) is 4.10. The van der Waals surface area contributed by atoms with E-state index in [0.717, 1.165) is 11.4 Å². The molecule has 1 aromatic heterocycles. The lowest BCUT2D eigenvalue weighted by Gasteiger charge is -2.14. The van der Waals surface area contributed by atoms with Gasteiger partial charge in [0.15, 0.2) is 5.69 Å². The first kappa shape index (κ1) is 16.5. The first-order valence-electron chi connectivity index (χ1n) is 9.50. The molecule has 1 heterocycles. The molecule has 0 aliphatic rings. The highest BCUT2D eigenvalue weighted by Crippen LogP contribution is 2.37. The van der Waals surface area contributed by atoms with Crippen molar-refractivity contribution in [3.63, 3.8) is 0 Å². The summed E-state index contributed by atoms with van der Waals surface area (Å²) in [7, 11) is 0. The van der Waals surface area contributed by atoms with Crippen LogP contribution in [0.1, 0.15) is 25.6 Å². The molecule has 3 heteroatoms. The molecule has 0 fully saturated rings. The molecule has 0 amide bonds. The van der Waals surface area contributed by atoms with Crippen molar-refractivity contribution in [3.05, 3.63) is 78.6 Å². The van der Waals surface area contributed by atoms with Crippen molar-refractivity contribution < 1.29 is 0 Å². The number of rotatable bonds is 2. The van der Waals surface area contributed by atoms with Gasteiger partial charge >= 0.3 is 0 Å². The standard InChI is InChI=1S/C25H19N3/c1-16(2)28-15-18(14-26)27-25(28)17-11-12-23-21-9-4-3-7-19(21)20-8-5-6-10-22(20)24(23)13-17/h3-13,15-16H,1-2H3. The SMILES string of the molecule is CC(C)n1cc(C#N)nc1-c1ccc2c3ccccc3c3ccccc3c2c1. The normalized spacial score (nSPS) is 11.5. The van der Waals surface area contributed by atoms with Gasteiger partial charge in [-0.3, -0.25) is 0 Å². The lowest BCUT2D eigenvalue weighted by atomic mass is 9.93. The number of nitriles is 1. The molecule has 0 saturated carbocycles. The van der Waals surface area contributed by atoms with Crippen molar-refractivity contribution in [3.8, 4) is 17.5 Å². The van der Waals surface area contributed by atoms with Crippen molar-refractivity contribution in [2.75, 3.05) is 0 Å². The molecule has 4 aromatic carbocycles. The van der Waals surface area contributed by atoms with Gasteiger partial charge in [-0.25, -0.2) is 4.98 Å². The summed E-state index contributed by atoms with van der Waals surface area (Å²) in [5.41, 5.74) is 1.48. The smallest absolute Gasteiger partial charge is 0.159 e. The number of benzene rings is 4. The molecular weight excluding hydrogens is 342 g/mol. The molecule has 3 nitrogen and oxygen atoms in total. The van der Waals surface area contributed by atoms with E-state index in [0.29, 0.717) is 5.69 Å². The van der Waals surface area contributed by atoms with Crippen molar-refractivity contribution >= 4 is 32.3 Å². The van der Waals surface area contributed by atoms with Gasteiger partial charge in [-0.15, -0.1) is 0 Å². The quantitative estimate of drug-likeness (QED) is 0.338. The molecule has 0 bridgehead atoms. The molecule has 0 saturated heterocycles. The second kappa shape index (κ2) is 6.21. The Hall–Kier alpha value is -3.64. The number of fused-ring (bicyclic) bond motifs is 6. The van der Waals surface area contributed by atoms with Crippen LogP contribution in [0.15, 0.2) is 72.9 Å². The van der Waals surface area contributed by atoms with E-state index >= 15 is 0 Å². The van der Waals surface area contributed by atoms with E-state index in [1.807, 2.05) is 6.20 Å². The Morgan fingerprint density at radius 3 is 1.86 bits per heavy atom. The van der Waals surface area contributed by atoms with Gasteiger partial charge in [0, 0.05) is 17.8 Å². The highest BCUT2D eigenvalue weighted by atomic mass is 15.1. The lowest BCUT2D eigenvalue weighted by molar-refractivity contribution is 0.606.